The molecule has 4 nitrogen and oxygen atoms in total. The van der Waals surface area contributed by atoms with Crippen molar-refractivity contribution >= 4 is 29.9 Å². The summed E-state index contributed by atoms with van der Waals surface area (Å²) in [6, 6.07) is 8.86. The summed E-state index contributed by atoms with van der Waals surface area (Å²) < 4.78 is 0. The summed E-state index contributed by atoms with van der Waals surface area (Å²) in [5.41, 5.74) is 6.09. The Bertz CT molecular complexity index is 424. The monoisotopic (exact) mass is 237 g/mol. The first kappa shape index (κ1) is 12.3. The van der Waals surface area contributed by atoms with Crippen LogP contribution < -0.4 is 10.7 Å². The van der Waals surface area contributed by atoms with Gasteiger partial charge in [-0.25, -0.2) is 0 Å². The fraction of sp³-hybridized carbons (Fsp3) is 0.0909. The first-order valence-electron chi connectivity index (χ1n) is 4.56. The fourth-order valence-electron chi connectivity index (χ4n) is 1.09. The number of rotatable bonds is 3. The molecule has 0 aromatic heterocycles. The highest BCUT2D eigenvalue weighted by Gasteiger charge is 2.17. The minimum atomic E-state index is -0.492. The van der Waals surface area contributed by atoms with Crippen molar-refractivity contribution in [2.45, 2.75) is 6.92 Å². The number of para-hydroxylation sites is 1. The number of hydrogen-bond acceptors (Lipinski definition) is 3. The standard InChI is InChI=1S/C11H12ClN3O/c1-8(12)10(13)11(16)15(14-2)9-6-4-3-5-7-9/h3-7H,2,13H2,1H3/b10-8-. The van der Waals surface area contributed by atoms with Crippen LogP contribution in [0.4, 0.5) is 5.69 Å². The van der Waals surface area contributed by atoms with Crippen molar-refractivity contribution < 1.29 is 4.79 Å². The van der Waals surface area contributed by atoms with Gasteiger partial charge >= 0.3 is 0 Å². The van der Waals surface area contributed by atoms with Crippen LogP contribution in [0.2, 0.25) is 0 Å². The number of nitrogens with two attached hydrogens (primary N) is 1. The van der Waals surface area contributed by atoms with Crippen molar-refractivity contribution in [2.75, 3.05) is 5.01 Å². The van der Waals surface area contributed by atoms with Gasteiger partial charge in [0.25, 0.3) is 5.91 Å². The molecule has 0 spiro atoms. The number of allylic oxidation sites excluding steroid dienone is 1. The zero-order valence-electron chi connectivity index (χ0n) is 8.85. The van der Waals surface area contributed by atoms with E-state index in [-0.39, 0.29) is 10.7 Å². The molecule has 0 unspecified atom stereocenters. The van der Waals surface area contributed by atoms with Crippen LogP contribution in [0, 0.1) is 0 Å². The Morgan fingerprint density at radius 2 is 2.00 bits per heavy atom. The van der Waals surface area contributed by atoms with Crippen LogP contribution >= 0.6 is 11.6 Å². The lowest BCUT2D eigenvalue weighted by atomic mass is 10.3. The Morgan fingerprint density at radius 1 is 1.44 bits per heavy atom. The molecule has 1 amide bonds. The molecule has 0 saturated carbocycles. The lowest BCUT2D eigenvalue weighted by Crippen LogP contribution is -2.30. The Labute approximate surface area is 99.0 Å². The molecule has 0 saturated heterocycles. The largest absolute Gasteiger partial charge is 0.393 e. The van der Waals surface area contributed by atoms with Gasteiger partial charge in [0.05, 0.1) is 5.69 Å². The average Bonchev–Trinajstić information content (AvgIpc) is 2.30. The summed E-state index contributed by atoms with van der Waals surface area (Å²) in [5, 5.41) is 4.95. The highest BCUT2D eigenvalue weighted by Crippen LogP contribution is 2.16. The topological polar surface area (TPSA) is 58.7 Å². The predicted molar refractivity (Wildman–Crippen MR) is 66.2 cm³/mol. The summed E-state index contributed by atoms with van der Waals surface area (Å²) in [4.78, 5) is 11.8. The molecular weight excluding hydrogens is 226 g/mol. The van der Waals surface area contributed by atoms with Crippen LogP contribution in [0.1, 0.15) is 6.92 Å². The van der Waals surface area contributed by atoms with E-state index >= 15 is 0 Å². The third-order valence-electron chi connectivity index (χ3n) is 1.94. The quantitative estimate of drug-likeness (QED) is 0.497. The lowest BCUT2D eigenvalue weighted by Gasteiger charge is -2.16. The number of amides is 1. The van der Waals surface area contributed by atoms with Gasteiger partial charge in [-0.15, -0.1) is 0 Å². The second kappa shape index (κ2) is 5.32. The molecule has 16 heavy (non-hydrogen) atoms. The molecule has 0 radical (unpaired) electrons. The van der Waals surface area contributed by atoms with Gasteiger partial charge in [0.1, 0.15) is 5.70 Å². The second-order valence-electron chi connectivity index (χ2n) is 3.04. The Balaban J connectivity index is 3.06. The zero-order valence-corrected chi connectivity index (χ0v) is 9.61. The molecule has 0 heterocycles. The van der Waals surface area contributed by atoms with E-state index in [0.717, 1.165) is 5.01 Å². The molecule has 0 aliphatic rings. The predicted octanol–water partition coefficient (Wildman–Crippen LogP) is 2.06. The molecule has 0 atom stereocenters. The molecule has 5 heteroatoms. The maximum absolute atomic E-state index is 11.8. The Hall–Kier alpha value is -1.81. The van der Waals surface area contributed by atoms with Gasteiger partial charge in [0, 0.05) is 11.7 Å². The average molecular weight is 238 g/mol. The van der Waals surface area contributed by atoms with Gasteiger partial charge < -0.3 is 5.73 Å². The van der Waals surface area contributed by atoms with Crippen molar-refractivity contribution in [3.63, 3.8) is 0 Å². The summed E-state index contributed by atoms with van der Waals surface area (Å²) >= 11 is 5.66. The number of anilines is 1. The van der Waals surface area contributed by atoms with E-state index in [1.807, 2.05) is 6.07 Å². The van der Waals surface area contributed by atoms with Crippen LogP contribution in [0.25, 0.3) is 0 Å². The van der Waals surface area contributed by atoms with Crippen molar-refractivity contribution in [1.29, 1.82) is 0 Å². The van der Waals surface area contributed by atoms with E-state index in [4.69, 9.17) is 17.3 Å². The van der Waals surface area contributed by atoms with E-state index < -0.39 is 5.91 Å². The highest BCUT2D eigenvalue weighted by molar-refractivity contribution is 6.32. The van der Waals surface area contributed by atoms with Crippen LogP contribution in [-0.4, -0.2) is 12.6 Å². The van der Waals surface area contributed by atoms with E-state index in [1.54, 1.807) is 31.2 Å². The summed E-state index contributed by atoms with van der Waals surface area (Å²) in [6.45, 7) is 4.88. The van der Waals surface area contributed by atoms with E-state index in [0.29, 0.717) is 5.69 Å². The first-order valence-corrected chi connectivity index (χ1v) is 4.93. The molecule has 0 aliphatic carbocycles. The van der Waals surface area contributed by atoms with Crippen molar-refractivity contribution in [3.05, 3.63) is 41.1 Å². The zero-order chi connectivity index (χ0) is 12.1. The van der Waals surface area contributed by atoms with E-state index in [2.05, 4.69) is 11.8 Å². The van der Waals surface area contributed by atoms with Gasteiger partial charge in [-0.3, -0.25) is 4.79 Å². The summed E-state index contributed by atoms with van der Waals surface area (Å²) in [6.07, 6.45) is 0. The third kappa shape index (κ3) is 2.61. The molecule has 1 aromatic carbocycles. The van der Waals surface area contributed by atoms with E-state index in [1.165, 1.54) is 0 Å². The highest BCUT2D eigenvalue weighted by atomic mass is 35.5. The number of hydrazone groups is 1. The SMILES string of the molecule is C=NN(C(=O)/C(N)=C(\C)Cl)c1ccccc1. The molecule has 0 aliphatic heterocycles. The van der Waals surface area contributed by atoms with Gasteiger partial charge in [-0.2, -0.15) is 10.1 Å². The number of carbonyl (C=O) groups excluding carboxylic acids is 1. The van der Waals surface area contributed by atoms with Crippen molar-refractivity contribution in [2.24, 2.45) is 10.8 Å². The maximum atomic E-state index is 11.8. The summed E-state index contributed by atoms with van der Waals surface area (Å²) in [7, 11) is 0. The minimum Gasteiger partial charge on any atom is -0.393 e. The van der Waals surface area contributed by atoms with Crippen LogP contribution in [-0.2, 0) is 4.79 Å². The number of carbonyl (C=O) groups is 1. The Kier molecular flexibility index (Phi) is 4.08. The van der Waals surface area contributed by atoms with E-state index in [9.17, 15) is 4.79 Å². The van der Waals surface area contributed by atoms with Crippen LogP contribution in [0.15, 0.2) is 46.2 Å². The van der Waals surface area contributed by atoms with Gasteiger partial charge in [0.2, 0.25) is 0 Å². The molecule has 2 N–H and O–H groups in total. The number of benzene rings is 1. The third-order valence-corrected chi connectivity index (χ3v) is 2.14. The van der Waals surface area contributed by atoms with Crippen LogP contribution in [0.5, 0.6) is 0 Å². The smallest absolute Gasteiger partial charge is 0.295 e. The molecule has 0 fully saturated rings. The van der Waals surface area contributed by atoms with Crippen LogP contribution in [0.3, 0.4) is 0 Å². The fourth-order valence-corrected chi connectivity index (χ4v) is 1.17. The molecule has 0 bridgehead atoms. The normalized spacial score (nSPS) is 11.6. The maximum Gasteiger partial charge on any atom is 0.295 e. The number of nitrogens with zero attached hydrogens (tertiary/aromatic N) is 2. The number of hydrogen-bond donors (Lipinski definition) is 1. The van der Waals surface area contributed by atoms with Gasteiger partial charge in [0.15, 0.2) is 0 Å². The molecule has 84 valence electrons. The Morgan fingerprint density at radius 3 is 2.44 bits per heavy atom. The molecule has 1 rings (SSSR count). The number of halogens is 1. The second-order valence-corrected chi connectivity index (χ2v) is 3.61. The van der Waals surface area contributed by atoms with Crippen molar-refractivity contribution in [3.8, 4) is 0 Å². The molecular formula is C11H12ClN3O. The van der Waals surface area contributed by atoms with Crippen molar-refractivity contribution in [1.82, 2.24) is 0 Å². The lowest BCUT2D eigenvalue weighted by molar-refractivity contribution is -0.115. The summed E-state index contributed by atoms with van der Waals surface area (Å²) in [5.74, 6) is -0.492. The van der Waals surface area contributed by atoms with Gasteiger partial charge in [-0.05, 0) is 19.1 Å². The van der Waals surface area contributed by atoms with Gasteiger partial charge in [-0.1, -0.05) is 29.8 Å². The first-order chi connectivity index (χ1) is 7.57. The molecule has 1 aromatic rings. The minimum absolute atomic E-state index is 0.0436.